The molecular formula is C56H131N17O12. The van der Waals surface area contributed by atoms with Crippen molar-refractivity contribution in [3.05, 3.63) is 11.8 Å². The molecule has 1 heterocycles. The molecule has 0 spiro atoms. The monoisotopic (exact) mass is 1230 g/mol. The second kappa shape index (κ2) is 94.8. The zero-order valence-electron chi connectivity index (χ0n) is 56.0. The van der Waals surface area contributed by atoms with E-state index in [0.717, 1.165) is 52.2 Å². The Morgan fingerprint density at radius 1 is 0.718 bits per heavy atom. The molecule has 6 atom stereocenters. The zero-order chi connectivity index (χ0) is 69.6. The number of carbonyl (C=O) groups is 9. The van der Waals surface area contributed by atoms with Crippen molar-refractivity contribution in [1.29, 1.82) is 0 Å². The average molecular weight is 1230 g/mol. The molecule has 0 saturated carbocycles. The van der Waals surface area contributed by atoms with Gasteiger partial charge in [-0.2, -0.15) is 0 Å². The van der Waals surface area contributed by atoms with E-state index in [1.54, 1.807) is 0 Å². The number of hydrogen-bond acceptors (Lipinski definition) is 21. The Hall–Kier alpha value is -5.60. The summed E-state index contributed by atoms with van der Waals surface area (Å²) in [6.07, 6.45) is 10.1. The van der Waals surface area contributed by atoms with Gasteiger partial charge in [-0.05, 0) is 112 Å². The van der Waals surface area contributed by atoms with Gasteiger partial charge in [0.2, 0.25) is 35.4 Å². The van der Waals surface area contributed by atoms with E-state index >= 15 is 0 Å². The maximum absolute atomic E-state index is 12.5. The molecular weight excluding hydrogens is 1100 g/mol. The molecule has 6 amide bonds. The summed E-state index contributed by atoms with van der Waals surface area (Å²) in [5.41, 5.74) is 46.1. The van der Waals surface area contributed by atoms with Gasteiger partial charge in [0.05, 0.1) is 50.0 Å². The van der Waals surface area contributed by atoms with Crippen LogP contribution in [-0.4, -0.2) is 204 Å². The van der Waals surface area contributed by atoms with E-state index in [9.17, 15) is 53.4 Å². The van der Waals surface area contributed by atoms with Gasteiger partial charge in [-0.3, -0.25) is 43.5 Å². The highest BCUT2D eigenvalue weighted by molar-refractivity contribution is 5.93. The van der Waals surface area contributed by atoms with E-state index < -0.39 is 72.3 Å². The van der Waals surface area contributed by atoms with Gasteiger partial charge in [-0.1, -0.05) is 103 Å². The number of aliphatic hydroxyl groups is 3. The molecule has 0 aliphatic carbocycles. The minimum Gasteiger partial charge on any atom is -0.400 e. The van der Waals surface area contributed by atoms with E-state index in [0.29, 0.717) is 57.8 Å². The first-order chi connectivity index (χ1) is 40.7. The fraction of sp³-hybridized carbons (Fsp3) is 0.786. The van der Waals surface area contributed by atoms with Crippen LogP contribution in [0.3, 0.4) is 0 Å². The highest BCUT2D eigenvalue weighted by Crippen LogP contribution is 2.11. The smallest absolute Gasteiger partial charge is 0.247 e. The molecule has 27 N–H and O–H groups in total. The number of aliphatic imine (C=N–C) groups is 1. The van der Waals surface area contributed by atoms with E-state index in [-0.39, 0.29) is 50.3 Å². The predicted octanol–water partition coefficient (Wildman–Crippen LogP) is -1.42. The van der Waals surface area contributed by atoms with Crippen molar-refractivity contribution >= 4 is 60.3 Å². The molecule has 85 heavy (non-hydrogen) atoms. The van der Waals surface area contributed by atoms with E-state index in [1.807, 2.05) is 90.1 Å². The number of aliphatic hydroxyl groups excluding tert-OH is 3. The van der Waals surface area contributed by atoms with E-state index in [2.05, 4.69) is 54.5 Å². The number of likely N-dealkylation sites (N-methyl/N-ethyl adjacent to an activating group) is 2. The normalized spacial score (nSPS) is 12.6. The summed E-state index contributed by atoms with van der Waals surface area (Å²) in [6, 6.07) is -2.84. The van der Waals surface area contributed by atoms with Gasteiger partial charge in [-0.25, -0.2) is 0 Å². The molecule has 0 aromatic rings. The summed E-state index contributed by atoms with van der Waals surface area (Å²) in [5.74, 6) is -3.13. The van der Waals surface area contributed by atoms with Crippen LogP contribution in [0.4, 0.5) is 0 Å². The number of aldehydes is 3. The van der Waals surface area contributed by atoms with Crippen molar-refractivity contribution in [2.75, 3.05) is 87.2 Å². The van der Waals surface area contributed by atoms with Crippen LogP contribution >= 0.6 is 0 Å². The lowest BCUT2D eigenvalue weighted by Crippen LogP contribution is -2.53. The number of allylic oxidation sites excluding steroid dienone is 1. The van der Waals surface area contributed by atoms with Crippen LogP contribution in [0.25, 0.3) is 0 Å². The average Bonchev–Trinajstić information content (AvgIpc) is 3.97. The molecule has 1 saturated heterocycles. The maximum Gasteiger partial charge on any atom is 0.247 e. The number of primary amides is 1. The highest BCUT2D eigenvalue weighted by atomic mass is 16.3. The summed E-state index contributed by atoms with van der Waals surface area (Å²) in [7, 11) is 6.01. The Bertz CT molecular complexity index is 1510. The van der Waals surface area contributed by atoms with Gasteiger partial charge in [0.1, 0.15) is 30.7 Å². The maximum atomic E-state index is 12.5. The third-order valence-corrected chi connectivity index (χ3v) is 9.24. The zero-order valence-corrected chi connectivity index (χ0v) is 56.0. The molecule has 29 heteroatoms. The third-order valence-electron chi connectivity index (χ3n) is 9.24. The Labute approximate surface area is 513 Å². The van der Waals surface area contributed by atoms with E-state index in [4.69, 9.17) is 51.0 Å². The Balaban J connectivity index is -0.0000000801. The van der Waals surface area contributed by atoms with Gasteiger partial charge in [0.15, 0.2) is 12.2 Å². The largest absolute Gasteiger partial charge is 0.400 e. The number of unbranched alkanes of at least 4 members (excludes halogenated alkanes) is 2. The second-order valence-corrected chi connectivity index (χ2v) is 15.2. The molecule has 5 unspecified atom stereocenters. The molecule has 29 nitrogen and oxygen atoms in total. The first-order valence-corrected chi connectivity index (χ1v) is 29.8. The van der Waals surface area contributed by atoms with Crippen molar-refractivity contribution in [3.63, 3.8) is 0 Å². The van der Waals surface area contributed by atoms with Crippen LogP contribution in [0.5, 0.6) is 0 Å². The standard InChI is InChI=1S/C16H31N7O4.C11H20N4O5.C6H15N3O.C6H11NO.C3H9N.6C2H6.CH5N.CH4O/c1-20-13(10-25)15(27)23-12(6-2-3-7-17)14(26)22-11(9-24)5-4-8-21-16(18)19;1-7(15-9(18)4-8(17)5-12)11(20)14-6-10(19)13-2-3-16;7-4-2-1-3-5(8)6(9)10;1-7-4-2-3-6(7)5-8;1-2-3-4;8*1-2/h5,9,12-13,20,25H,2-4,6-8,10,17H2,1H3,(H,22,26)(H,23,27)(H4,18,19,21);3,7-8,17H,2,4-6,12H2,1H3,(H,13,19)(H,14,20)(H,15,18);5H,1-4,7-8H2,(H2,9,10);5-6H,2-4H2,1H3;2-4H2,1H3;6*1-2H3;2H2,1H3;2H,1H3/b11-5-;;;;;;;;;;;;/t12-,13?;;;;;;;;;;;;/m0............/s1. The molecule has 1 rings (SSSR count). The predicted molar refractivity (Wildman–Crippen MR) is 349 cm³/mol. The number of guanidine groups is 1. The lowest BCUT2D eigenvalue weighted by molar-refractivity contribution is -0.130. The van der Waals surface area contributed by atoms with Crippen LogP contribution in [-0.2, 0) is 43.2 Å². The van der Waals surface area contributed by atoms with Crippen LogP contribution in [0.15, 0.2) is 16.8 Å². The Morgan fingerprint density at radius 2 is 1.21 bits per heavy atom. The second-order valence-electron chi connectivity index (χ2n) is 15.2. The number of hydrogen-bond donors (Lipinski definition) is 18. The fourth-order valence-electron chi connectivity index (χ4n) is 5.07. The van der Waals surface area contributed by atoms with Gasteiger partial charge in [-0.15, -0.1) is 0 Å². The molecule has 512 valence electrons. The number of nitrogens with one attached hydrogen (secondary N) is 6. The fourth-order valence-corrected chi connectivity index (χ4v) is 5.07. The van der Waals surface area contributed by atoms with Gasteiger partial charge in [0, 0.05) is 20.2 Å². The lowest BCUT2D eigenvalue weighted by Gasteiger charge is -2.21. The summed E-state index contributed by atoms with van der Waals surface area (Å²) in [6.45, 7) is 29.9. The summed E-state index contributed by atoms with van der Waals surface area (Å²) in [5, 5.41) is 39.9. The first kappa shape index (κ1) is 107. The van der Waals surface area contributed by atoms with Crippen molar-refractivity contribution < 1.29 is 58.5 Å². The molecule has 0 aromatic carbocycles. The van der Waals surface area contributed by atoms with Gasteiger partial charge >= 0.3 is 0 Å². The van der Waals surface area contributed by atoms with Crippen molar-refractivity contribution in [2.45, 2.75) is 204 Å². The summed E-state index contributed by atoms with van der Waals surface area (Å²) < 4.78 is 0. The van der Waals surface area contributed by atoms with Crippen LogP contribution < -0.4 is 83.5 Å². The van der Waals surface area contributed by atoms with Crippen molar-refractivity contribution in [1.82, 2.24) is 36.8 Å². The topological polar surface area (TPSA) is 536 Å². The number of rotatable bonds is 30. The molecule has 0 radical (unpaired) electrons. The Kier molecular flexibility index (Phi) is 120. The van der Waals surface area contributed by atoms with Crippen LogP contribution in [0.1, 0.15) is 168 Å². The molecule has 0 bridgehead atoms. The molecule has 1 aliphatic heterocycles. The number of carbonyl (C=O) groups excluding carboxylic acids is 9. The first-order valence-electron chi connectivity index (χ1n) is 29.8. The summed E-state index contributed by atoms with van der Waals surface area (Å²) in [4.78, 5) is 106. The highest BCUT2D eigenvalue weighted by Gasteiger charge is 2.25. The van der Waals surface area contributed by atoms with Gasteiger partial charge in [0.25, 0.3) is 0 Å². The van der Waals surface area contributed by atoms with Crippen molar-refractivity contribution in [2.24, 2.45) is 56.6 Å². The number of amides is 6. The van der Waals surface area contributed by atoms with E-state index in [1.165, 1.54) is 33.5 Å². The molecule has 1 aliphatic rings. The molecule has 1 fully saturated rings. The third kappa shape index (κ3) is 84.9. The minimum absolute atomic E-state index is 0.0507. The quantitative estimate of drug-likeness (QED) is 0.0129. The molecule has 0 aromatic heterocycles. The minimum atomic E-state index is -0.959. The van der Waals surface area contributed by atoms with Crippen LogP contribution in [0, 0.1) is 0 Å². The number of likely N-dealkylation sites (tertiary alicyclic amines) is 1. The number of nitrogens with zero attached hydrogens (tertiary/aromatic N) is 2. The lowest BCUT2D eigenvalue weighted by atomic mass is 10.1. The van der Waals surface area contributed by atoms with Gasteiger partial charge < -0.3 is 108 Å². The number of nitrogens with two attached hydrogens (primary N) is 9. The van der Waals surface area contributed by atoms with Crippen molar-refractivity contribution in [3.8, 4) is 0 Å². The Morgan fingerprint density at radius 3 is 1.56 bits per heavy atom. The van der Waals surface area contributed by atoms with Crippen LogP contribution in [0.2, 0.25) is 0 Å². The summed E-state index contributed by atoms with van der Waals surface area (Å²) >= 11 is 0. The SMILES string of the molecule is CC.CC.CC.CC.CC.CC.CC(NC(=O)CC(O)CN)C(=O)NCC(=O)NCC=O.CCCN.CN.CN1CCCC1C=O.CNC(CO)C(=O)N[C@@H](CCCCN)C(=O)N/C(C=O)=C\CCN=C(N)N.CO.NCCCCC(N)C(N)=O.